The van der Waals surface area contributed by atoms with Gasteiger partial charge in [0.25, 0.3) is 0 Å². The van der Waals surface area contributed by atoms with Crippen molar-refractivity contribution in [2.24, 2.45) is 0 Å². The first kappa shape index (κ1) is 13.8. The monoisotopic (exact) mass is 287 g/mol. The molecule has 3 rings (SSSR count). The first-order valence-electron chi connectivity index (χ1n) is 7.14. The number of nitrogen functional groups attached to an aromatic ring is 1. The molecule has 1 aromatic heterocycles. The molecule has 0 radical (unpaired) electrons. The molecule has 2 heterocycles. The molecule has 1 unspecified atom stereocenters. The van der Waals surface area contributed by atoms with Crippen molar-refractivity contribution in [1.29, 1.82) is 0 Å². The minimum atomic E-state index is -0.485. The normalized spacial score (nSPS) is 15.9. The summed E-state index contributed by atoms with van der Waals surface area (Å²) >= 11 is 0. The number of rotatable bonds is 4. The van der Waals surface area contributed by atoms with Gasteiger partial charge in [-0.1, -0.05) is 12.1 Å². The highest BCUT2D eigenvalue weighted by Gasteiger charge is 2.21. The molecule has 6 heteroatoms. The SMILES string of the molecule is CN1CCN(CC(O)Cn2cc(N)cn2)c2ccccc21. The van der Waals surface area contributed by atoms with Gasteiger partial charge in [-0.05, 0) is 12.1 Å². The van der Waals surface area contributed by atoms with Crippen LogP contribution < -0.4 is 15.5 Å². The maximum Gasteiger partial charge on any atom is 0.0910 e. The highest BCUT2D eigenvalue weighted by Crippen LogP contribution is 2.31. The van der Waals surface area contributed by atoms with Gasteiger partial charge in [0.2, 0.25) is 0 Å². The number of fused-ring (bicyclic) bond motifs is 1. The zero-order valence-electron chi connectivity index (χ0n) is 12.2. The van der Waals surface area contributed by atoms with Crippen molar-refractivity contribution in [1.82, 2.24) is 9.78 Å². The van der Waals surface area contributed by atoms with E-state index in [1.54, 1.807) is 17.1 Å². The minimum absolute atomic E-state index is 0.450. The topological polar surface area (TPSA) is 70.5 Å². The second kappa shape index (κ2) is 5.65. The summed E-state index contributed by atoms with van der Waals surface area (Å²) in [4.78, 5) is 4.47. The van der Waals surface area contributed by atoms with Crippen LogP contribution in [0, 0.1) is 0 Å². The number of hydrogen-bond acceptors (Lipinski definition) is 5. The summed E-state index contributed by atoms with van der Waals surface area (Å²) in [6.07, 6.45) is 2.85. The summed E-state index contributed by atoms with van der Waals surface area (Å²) in [5.41, 5.74) is 8.63. The fraction of sp³-hybridized carbons (Fsp3) is 0.400. The van der Waals surface area contributed by atoms with Crippen molar-refractivity contribution < 1.29 is 5.11 Å². The summed E-state index contributed by atoms with van der Waals surface area (Å²) in [7, 11) is 2.10. The van der Waals surface area contributed by atoms with Gasteiger partial charge < -0.3 is 20.6 Å². The smallest absolute Gasteiger partial charge is 0.0910 e. The summed E-state index contributed by atoms with van der Waals surface area (Å²) in [6.45, 7) is 2.90. The fourth-order valence-corrected chi connectivity index (χ4v) is 2.76. The molecule has 3 N–H and O–H groups in total. The van der Waals surface area contributed by atoms with Gasteiger partial charge in [-0.3, -0.25) is 4.68 Å². The largest absolute Gasteiger partial charge is 0.396 e. The Morgan fingerprint density at radius 1 is 1.24 bits per heavy atom. The summed E-state index contributed by atoms with van der Waals surface area (Å²) in [6, 6.07) is 8.29. The zero-order chi connectivity index (χ0) is 14.8. The number of aromatic nitrogens is 2. The van der Waals surface area contributed by atoms with Crippen molar-refractivity contribution in [3.05, 3.63) is 36.7 Å². The van der Waals surface area contributed by atoms with Crippen molar-refractivity contribution in [2.45, 2.75) is 12.6 Å². The van der Waals surface area contributed by atoms with Crippen LogP contribution in [0.25, 0.3) is 0 Å². The highest BCUT2D eigenvalue weighted by atomic mass is 16.3. The summed E-state index contributed by atoms with van der Waals surface area (Å²) in [5.74, 6) is 0. The van der Waals surface area contributed by atoms with Crippen LogP contribution in [0.4, 0.5) is 17.1 Å². The van der Waals surface area contributed by atoms with E-state index in [9.17, 15) is 5.11 Å². The van der Waals surface area contributed by atoms with Gasteiger partial charge in [0.15, 0.2) is 0 Å². The molecular weight excluding hydrogens is 266 g/mol. The average Bonchev–Trinajstić information content (AvgIpc) is 2.87. The van der Waals surface area contributed by atoms with E-state index in [4.69, 9.17) is 5.73 Å². The van der Waals surface area contributed by atoms with Gasteiger partial charge in [-0.2, -0.15) is 5.10 Å². The number of β-amino-alcohol motifs (C(OH)–C–C–N with tert-alkyl or cyclic N) is 1. The lowest BCUT2D eigenvalue weighted by molar-refractivity contribution is 0.154. The fourth-order valence-electron chi connectivity index (χ4n) is 2.76. The molecule has 6 nitrogen and oxygen atoms in total. The molecule has 0 saturated carbocycles. The Hall–Kier alpha value is -2.21. The second-order valence-corrected chi connectivity index (χ2v) is 5.51. The number of aliphatic hydroxyl groups is 1. The first-order chi connectivity index (χ1) is 10.1. The number of likely N-dealkylation sites (N-methyl/N-ethyl adjacent to an activating group) is 1. The van der Waals surface area contributed by atoms with Crippen LogP contribution in [-0.2, 0) is 6.54 Å². The van der Waals surface area contributed by atoms with E-state index in [1.807, 2.05) is 12.1 Å². The Morgan fingerprint density at radius 3 is 2.71 bits per heavy atom. The lowest BCUT2D eigenvalue weighted by Crippen LogP contribution is -2.43. The van der Waals surface area contributed by atoms with Gasteiger partial charge in [0, 0.05) is 32.9 Å². The molecule has 0 saturated heterocycles. The molecule has 0 bridgehead atoms. The Balaban J connectivity index is 1.69. The van der Waals surface area contributed by atoms with Crippen molar-refractivity contribution in [3.63, 3.8) is 0 Å². The minimum Gasteiger partial charge on any atom is -0.396 e. The van der Waals surface area contributed by atoms with Gasteiger partial charge in [0.05, 0.1) is 35.9 Å². The first-order valence-corrected chi connectivity index (χ1v) is 7.14. The summed E-state index contributed by atoms with van der Waals surface area (Å²) < 4.78 is 1.68. The van der Waals surface area contributed by atoms with Crippen molar-refractivity contribution in [2.75, 3.05) is 42.2 Å². The number of nitrogens with zero attached hydrogens (tertiary/aromatic N) is 4. The van der Waals surface area contributed by atoms with Gasteiger partial charge >= 0.3 is 0 Å². The van der Waals surface area contributed by atoms with E-state index in [2.05, 4.69) is 34.1 Å². The van der Waals surface area contributed by atoms with Gasteiger partial charge in [-0.15, -0.1) is 0 Å². The Kier molecular flexibility index (Phi) is 3.70. The third kappa shape index (κ3) is 2.95. The molecule has 0 fully saturated rings. The van der Waals surface area contributed by atoms with Gasteiger partial charge in [-0.25, -0.2) is 0 Å². The van der Waals surface area contributed by atoms with E-state index in [1.165, 1.54) is 11.4 Å². The molecule has 2 aromatic rings. The Bertz CT molecular complexity index is 612. The molecule has 0 amide bonds. The number of aliphatic hydroxyl groups excluding tert-OH is 1. The van der Waals surface area contributed by atoms with Crippen molar-refractivity contribution >= 4 is 17.1 Å². The standard InChI is InChI=1S/C15H21N5O/c1-18-6-7-19(15-5-3-2-4-14(15)18)10-13(21)11-20-9-12(16)8-17-20/h2-5,8-9,13,21H,6-7,10-11,16H2,1H3. The molecule has 1 aromatic carbocycles. The molecule has 0 spiro atoms. The van der Waals surface area contributed by atoms with Crippen LogP contribution in [0.5, 0.6) is 0 Å². The lowest BCUT2D eigenvalue weighted by Gasteiger charge is -2.37. The Morgan fingerprint density at radius 2 is 2.00 bits per heavy atom. The van der Waals surface area contributed by atoms with Crippen LogP contribution >= 0.6 is 0 Å². The molecule has 21 heavy (non-hydrogen) atoms. The predicted molar refractivity (Wildman–Crippen MR) is 84.6 cm³/mol. The lowest BCUT2D eigenvalue weighted by atomic mass is 10.1. The molecule has 112 valence electrons. The van der Waals surface area contributed by atoms with Crippen LogP contribution in [-0.4, -0.2) is 47.7 Å². The van der Waals surface area contributed by atoms with Crippen LogP contribution in [0.15, 0.2) is 36.7 Å². The molecule has 1 aliphatic heterocycles. The Labute approximate surface area is 124 Å². The van der Waals surface area contributed by atoms with E-state index in [0.717, 1.165) is 13.1 Å². The predicted octanol–water partition coefficient (Wildman–Crippen LogP) is 0.783. The van der Waals surface area contributed by atoms with Crippen LogP contribution in [0.2, 0.25) is 0 Å². The third-order valence-corrected chi connectivity index (χ3v) is 3.82. The number of anilines is 3. The maximum absolute atomic E-state index is 10.3. The quantitative estimate of drug-likeness (QED) is 0.870. The van der Waals surface area contributed by atoms with Gasteiger partial charge in [0.1, 0.15) is 0 Å². The highest BCUT2D eigenvalue weighted by molar-refractivity contribution is 5.73. The third-order valence-electron chi connectivity index (χ3n) is 3.82. The summed E-state index contributed by atoms with van der Waals surface area (Å²) in [5, 5.41) is 14.4. The zero-order valence-corrected chi connectivity index (χ0v) is 12.2. The number of nitrogens with two attached hydrogens (primary N) is 1. The van der Waals surface area contributed by atoms with E-state index < -0.39 is 6.10 Å². The average molecular weight is 287 g/mol. The van der Waals surface area contributed by atoms with E-state index in [-0.39, 0.29) is 0 Å². The molecule has 0 aliphatic carbocycles. The molecular formula is C15H21N5O. The van der Waals surface area contributed by atoms with Crippen LogP contribution in [0.3, 0.4) is 0 Å². The number of hydrogen-bond donors (Lipinski definition) is 2. The molecule has 1 atom stereocenters. The number of benzene rings is 1. The van der Waals surface area contributed by atoms with E-state index in [0.29, 0.717) is 18.8 Å². The van der Waals surface area contributed by atoms with E-state index >= 15 is 0 Å². The number of para-hydroxylation sites is 2. The second-order valence-electron chi connectivity index (χ2n) is 5.51. The van der Waals surface area contributed by atoms with Crippen molar-refractivity contribution in [3.8, 4) is 0 Å². The van der Waals surface area contributed by atoms with Crippen LogP contribution in [0.1, 0.15) is 0 Å². The molecule has 1 aliphatic rings. The maximum atomic E-state index is 10.3.